The zero-order valence-electron chi connectivity index (χ0n) is 11.3. The first-order valence-electron chi connectivity index (χ1n) is 6.92. The third-order valence-corrected chi connectivity index (χ3v) is 4.15. The minimum atomic E-state index is 0.354. The van der Waals surface area contributed by atoms with Crippen molar-refractivity contribution < 1.29 is 4.74 Å². The van der Waals surface area contributed by atoms with E-state index in [9.17, 15) is 0 Å². The molecule has 0 aliphatic heterocycles. The average Bonchev–Trinajstić information content (AvgIpc) is 2.40. The molecule has 18 heavy (non-hydrogen) atoms. The second kappa shape index (κ2) is 6.42. The van der Waals surface area contributed by atoms with Gasteiger partial charge in [-0.15, -0.1) is 11.6 Å². The molecule has 100 valence electrons. The quantitative estimate of drug-likeness (QED) is 0.751. The van der Waals surface area contributed by atoms with Gasteiger partial charge in [-0.3, -0.25) is 4.98 Å². The topological polar surface area (TPSA) is 22.1 Å². The smallest absolute Gasteiger partial charge is 0.127 e. The molecule has 3 heteroatoms. The van der Waals surface area contributed by atoms with E-state index in [2.05, 4.69) is 11.9 Å². The molecule has 0 spiro atoms. The summed E-state index contributed by atoms with van der Waals surface area (Å²) in [6.45, 7) is 4.25. The van der Waals surface area contributed by atoms with Crippen molar-refractivity contribution >= 4 is 11.6 Å². The minimum Gasteiger partial charge on any atom is -0.490 e. The number of hydrogen-bond acceptors (Lipinski definition) is 2. The van der Waals surface area contributed by atoms with Crippen molar-refractivity contribution in [1.29, 1.82) is 0 Å². The molecule has 0 N–H and O–H groups in total. The lowest BCUT2D eigenvalue weighted by atomic mass is 9.85. The summed E-state index contributed by atoms with van der Waals surface area (Å²) >= 11 is 5.95. The Morgan fingerprint density at radius 3 is 2.89 bits per heavy atom. The standard InChI is InChI=1S/C15H22ClNO/c1-3-12-6-4-5-7-14(12)18-15-8-11(2)17-10-13(15)9-16/h8,10,12,14H,3-7,9H2,1-2H3. The van der Waals surface area contributed by atoms with Crippen LogP contribution in [0.25, 0.3) is 0 Å². The fourth-order valence-corrected chi connectivity index (χ4v) is 2.93. The highest BCUT2D eigenvalue weighted by Crippen LogP contribution is 2.32. The maximum Gasteiger partial charge on any atom is 0.127 e. The molecule has 1 saturated carbocycles. The Balaban J connectivity index is 2.14. The Morgan fingerprint density at radius 1 is 1.39 bits per heavy atom. The van der Waals surface area contributed by atoms with Crippen LogP contribution in [0.5, 0.6) is 5.75 Å². The van der Waals surface area contributed by atoms with Gasteiger partial charge in [0.1, 0.15) is 11.9 Å². The summed E-state index contributed by atoms with van der Waals surface area (Å²) in [6.07, 6.45) is 8.47. The molecule has 2 rings (SSSR count). The van der Waals surface area contributed by atoms with Gasteiger partial charge >= 0.3 is 0 Å². The number of ether oxygens (including phenoxy) is 1. The lowest BCUT2D eigenvalue weighted by Gasteiger charge is -2.31. The molecule has 2 unspecified atom stereocenters. The van der Waals surface area contributed by atoms with Crippen LogP contribution in [0.15, 0.2) is 12.3 Å². The molecular formula is C15H22ClNO. The van der Waals surface area contributed by atoms with Crippen LogP contribution in [0.2, 0.25) is 0 Å². The van der Waals surface area contributed by atoms with E-state index in [0.29, 0.717) is 17.9 Å². The number of nitrogens with zero attached hydrogens (tertiary/aromatic N) is 1. The van der Waals surface area contributed by atoms with Gasteiger partial charge in [-0.05, 0) is 38.5 Å². The van der Waals surface area contributed by atoms with E-state index < -0.39 is 0 Å². The van der Waals surface area contributed by atoms with Gasteiger partial charge < -0.3 is 4.74 Å². The largest absolute Gasteiger partial charge is 0.490 e. The van der Waals surface area contributed by atoms with Crippen molar-refractivity contribution in [2.75, 3.05) is 0 Å². The van der Waals surface area contributed by atoms with Crippen molar-refractivity contribution in [2.45, 2.75) is 57.9 Å². The van der Waals surface area contributed by atoms with Crippen molar-refractivity contribution in [1.82, 2.24) is 4.98 Å². The van der Waals surface area contributed by atoms with Crippen molar-refractivity contribution in [2.24, 2.45) is 5.92 Å². The Morgan fingerprint density at radius 2 is 2.17 bits per heavy atom. The minimum absolute atomic E-state index is 0.354. The number of aromatic nitrogens is 1. The molecule has 2 atom stereocenters. The summed E-state index contributed by atoms with van der Waals surface area (Å²) in [4.78, 5) is 4.28. The molecule has 1 aliphatic carbocycles. The fraction of sp³-hybridized carbons (Fsp3) is 0.667. The third-order valence-electron chi connectivity index (χ3n) is 3.87. The van der Waals surface area contributed by atoms with Crippen LogP contribution in [0.4, 0.5) is 0 Å². The summed E-state index contributed by atoms with van der Waals surface area (Å²) < 4.78 is 6.24. The van der Waals surface area contributed by atoms with Crippen LogP contribution in [0, 0.1) is 12.8 Å². The Bertz CT molecular complexity index is 394. The third kappa shape index (κ3) is 3.17. The zero-order valence-corrected chi connectivity index (χ0v) is 12.0. The van der Waals surface area contributed by atoms with E-state index in [1.54, 1.807) is 0 Å². The number of pyridine rings is 1. The SMILES string of the molecule is CCC1CCCCC1Oc1cc(C)ncc1CCl. The monoisotopic (exact) mass is 267 g/mol. The van der Waals surface area contributed by atoms with Crippen LogP contribution < -0.4 is 4.74 Å². The molecule has 0 aromatic carbocycles. The lowest BCUT2D eigenvalue weighted by molar-refractivity contribution is 0.0894. The number of aryl methyl sites for hydroxylation is 1. The van der Waals surface area contributed by atoms with Crippen LogP contribution in [0.1, 0.15) is 50.3 Å². The highest BCUT2D eigenvalue weighted by molar-refractivity contribution is 6.17. The maximum absolute atomic E-state index is 6.24. The van der Waals surface area contributed by atoms with Crippen LogP contribution in [0.3, 0.4) is 0 Å². The first-order chi connectivity index (χ1) is 8.74. The Labute approximate surface area is 115 Å². The van der Waals surface area contributed by atoms with Crippen LogP contribution in [-0.4, -0.2) is 11.1 Å². The molecule has 0 saturated heterocycles. The van der Waals surface area contributed by atoms with Crippen molar-refractivity contribution in [3.63, 3.8) is 0 Å². The van der Waals surface area contributed by atoms with Gasteiger partial charge in [-0.2, -0.15) is 0 Å². The second-order valence-electron chi connectivity index (χ2n) is 5.18. The normalized spacial score (nSPS) is 23.9. The zero-order chi connectivity index (χ0) is 13.0. The molecule has 0 bridgehead atoms. The fourth-order valence-electron chi connectivity index (χ4n) is 2.73. The number of halogens is 1. The van der Waals surface area contributed by atoms with Gasteiger partial charge in [0, 0.05) is 23.5 Å². The molecule has 1 aromatic rings. The predicted molar refractivity (Wildman–Crippen MR) is 75.2 cm³/mol. The van der Waals surface area contributed by atoms with Gasteiger partial charge in [0.2, 0.25) is 0 Å². The van der Waals surface area contributed by atoms with Gasteiger partial charge in [0.25, 0.3) is 0 Å². The van der Waals surface area contributed by atoms with E-state index in [-0.39, 0.29) is 0 Å². The summed E-state index contributed by atoms with van der Waals surface area (Å²) in [5, 5.41) is 0. The molecule has 1 aromatic heterocycles. The summed E-state index contributed by atoms with van der Waals surface area (Å²) in [5.41, 5.74) is 1.99. The summed E-state index contributed by atoms with van der Waals surface area (Å²) in [7, 11) is 0. The van der Waals surface area contributed by atoms with Crippen molar-refractivity contribution in [3.8, 4) is 5.75 Å². The van der Waals surface area contributed by atoms with Crippen molar-refractivity contribution in [3.05, 3.63) is 23.5 Å². The molecule has 1 fully saturated rings. The van der Waals surface area contributed by atoms with E-state index >= 15 is 0 Å². The van der Waals surface area contributed by atoms with E-state index in [1.165, 1.54) is 32.1 Å². The number of rotatable bonds is 4. The lowest BCUT2D eigenvalue weighted by Crippen LogP contribution is -2.30. The summed E-state index contributed by atoms with van der Waals surface area (Å²) in [5.74, 6) is 2.09. The summed E-state index contributed by atoms with van der Waals surface area (Å²) in [6, 6.07) is 2.01. The van der Waals surface area contributed by atoms with E-state index in [4.69, 9.17) is 16.3 Å². The van der Waals surface area contributed by atoms with Gasteiger partial charge in [-0.1, -0.05) is 13.3 Å². The molecule has 1 aliphatic rings. The number of hydrogen-bond donors (Lipinski definition) is 0. The van der Waals surface area contributed by atoms with Crippen LogP contribution >= 0.6 is 11.6 Å². The predicted octanol–water partition coefficient (Wildman–Crippen LogP) is 4.48. The van der Waals surface area contributed by atoms with Gasteiger partial charge in [0.05, 0.1) is 5.88 Å². The first-order valence-corrected chi connectivity index (χ1v) is 7.46. The second-order valence-corrected chi connectivity index (χ2v) is 5.44. The maximum atomic E-state index is 6.24. The molecule has 0 amide bonds. The highest BCUT2D eigenvalue weighted by atomic mass is 35.5. The number of alkyl halides is 1. The first kappa shape index (κ1) is 13.7. The van der Waals surface area contributed by atoms with E-state index in [0.717, 1.165) is 17.0 Å². The van der Waals surface area contributed by atoms with E-state index in [1.807, 2.05) is 19.2 Å². The molecule has 1 heterocycles. The molecule has 0 radical (unpaired) electrons. The Kier molecular flexibility index (Phi) is 4.87. The highest BCUT2D eigenvalue weighted by Gasteiger charge is 2.25. The average molecular weight is 268 g/mol. The molecule has 2 nitrogen and oxygen atoms in total. The van der Waals surface area contributed by atoms with Crippen LogP contribution in [-0.2, 0) is 5.88 Å². The Hall–Kier alpha value is -0.760. The molecular weight excluding hydrogens is 246 g/mol. The van der Waals surface area contributed by atoms with Gasteiger partial charge in [-0.25, -0.2) is 0 Å². The van der Waals surface area contributed by atoms with Gasteiger partial charge in [0.15, 0.2) is 0 Å².